The highest BCUT2D eigenvalue weighted by Crippen LogP contribution is 1.93. The van der Waals surface area contributed by atoms with Gasteiger partial charge in [0.25, 0.3) is 0 Å². The highest BCUT2D eigenvalue weighted by atomic mass is 16.5. The Balaban J connectivity index is 3.32. The lowest BCUT2D eigenvalue weighted by Gasteiger charge is -2.20. The molecule has 0 aromatic heterocycles. The minimum Gasteiger partial charge on any atom is -0.396 e. The van der Waals surface area contributed by atoms with E-state index in [9.17, 15) is 0 Å². The number of likely N-dealkylation sites (N-methyl/N-ethyl adjacent to an activating group) is 1. The molecule has 1 atom stereocenters. The van der Waals surface area contributed by atoms with E-state index in [1.54, 1.807) is 7.11 Å². The van der Waals surface area contributed by atoms with Gasteiger partial charge < -0.3 is 20.5 Å². The molecule has 4 heteroatoms. The summed E-state index contributed by atoms with van der Waals surface area (Å²) in [5, 5.41) is 8.65. The second-order valence-electron chi connectivity index (χ2n) is 3.38. The van der Waals surface area contributed by atoms with E-state index in [0.717, 1.165) is 26.1 Å². The monoisotopic (exact) mass is 190 g/mol. The van der Waals surface area contributed by atoms with Crippen molar-refractivity contribution in [2.45, 2.75) is 18.9 Å². The van der Waals surface area contributed by atoms with E-state index in [1.807, 2.05) is 7.05 Å². The van der Waals surface area contributed by atoms with Crippen molar-refractivity contribution < 1.29 is 9.84 Å². The van der Waals surface area contributed by atoms with Gasteiger partial charge >= 0.3 is 0 Å². The van der Waals surface area contributed by atoms with Crippen molar-refractivity contribution in [2.75, 3.05) is 40.5 Å². The Morgan fingerprint density at radius 3 is 2.77 bits per heavy atom. The second-order valence-corrected chi connectivity index (χ2v) is 3.38. The topological polar surface area (TPSA) is 58.7 Å². The number of nitrogens with zero attached hydrogens (tertiary/aromatic N) is 1. The molecule has 3 N–H and O–H groups in total. The predicted molar refractivity (Wildman–Crippen MR) is 53.7 cm³/mol. The Morgan fingerprint density at radius 1 is 1.54 bits per heavy atom. The van der Waals surface area contributed by atoms with Gasteiger partial charge in [-0.2, -0.15) is 0 Å². The van der Waals surface area contributed by atoms with Gasteiger partial charge in [-0.05, 0) is 19.9 Å². The fourth-order valence-electron chi connectivity index (χ4n) is 1.23. The summed E-state index contributed by atoms with van der Waals surface area (Å²) in [5.74, 6) is 0. The number of methoxy groups -OCH3 is 1. The van der Waals surface area contributed by atoms with E-state index >= 15 is 0 Å². The highest BCUT2D eigenvalue weighted by Gasteiger charge is 2.05. The fraction of sp³-hybridized carbons (Fsp3) is 1.00. The first-order valence-electron chi connectivity index (χ1n) is 4.74. The summed E-state index contributed by atoms with van der Waals surface area (Å²) < 4.78 is 4.95. The van der Waals surface area contributed by atoms with E-state index in [-0.39, 0.29) is 12.6 Å². The molecule has 13 heavy (non-hydrogen) atoms. The van der Waals surface area contributed by atoms with Crippen molar-refractivity contribution in [1.82, 2.24) is 4.90 Å². The van der Waals surface area contributed by atoms with Crippen LogP contribution in [0.3, 0.4) is 0 Å². The number of aliphatic hydroxyl groups is 1. The first-order valence-corrected chi connectivity index (χ1v) is 4.74. The van der Waals surface area contributed by atoms with Crippen LogP contribution < -0.4 is 5.73 Å². The smallest absolute Gasteiger partial charge is 0.0474 e. The molecule has 0 rings (SSSR count). The molecule has 1 unspecified atom stereocenters. The lowest BCUT2D eigenvalue weighted by Crippen LogP contribution is -2.36. The van der Waals surface area contributed by atoms with Crippen LogP contribution >= 0.6 is 0 Å². The van der Waals surface area contributed by atoms with Crippen LogP contribution in [-0.4, -0.2) is 56.5 Å². The van der Waals surface area contributed by atoms with Gasteiger partial charge in [0.05, 0.1) is 0 Å². The predicted octanol–water partition coefficient (Wildman–Crippen LogP) is -0.336. The van der Waals surface area contributed by atoms with Crippen LogP contribution in [0, 0.1) is 0 Å². The third-order valence-corrected chi connectivity index (χ3v) is 1.93. The molecule has 0 fully saturated rings. The molecule has 0 aliphatic carbocycles. The zero-order valence-corrected chi connectivity index (χ0v) is 8.70. The van der Waals surface area contributed by atoms with Crippen LogP contribution in [-0.2, 0) is 4.74 Å². The molecule has 0 amide bonds. The molecule has 0 aliphatic heterocycles. The largest absolute Gasteiger partial charge is 0.396 e. The molecule has 80 valence electrons. The summed E-state index contributed by atoms with van der Waals surface area (Å²) in [6.07, 6.45) is 1.70. The highest BCUT2D eigenvalue weighted by molar-refractivity contribution is 4.65. The number of hydrogen-bond acceptors (Lipinski definition) is 4. The van der Waals surface area contributed by atoms with Crippen molar-refractivity contribution in [1.29, 1.82) is 0 Å². The molecule has 0 bridgehead atoms. The van der Waals surface area contributed by atoms with E-state index in [4.69, 9.17) is 15.6 Å². The third-order valence-electron chi connectivity index (χ3n) is 1.93. The van der Waals surface area contributed by atoms with Gasteiger partial charge in [-0.25, -0.2) is 0 Å². The summed E-state index contributed by atoms with van der Waals surface area (Å²) in [6, 6.07) is 0.0811. The van der Waals surface area contributed by atoms with Gasteiger partial charge in [0.1, 0.15) is 0 Å². The van der Waals surface area contributed by atoms with Crippen LogP contribution in [0.25, 0.3) is 0 Å². The zero-order valence-electron chi connectivity index (χ0n) is 8.70. The number of ether oxygens (including phenoxy) is 1. The van der Waals surface area contributed by atoms with Gasteiger partial charge in [0.2, 0.25) is 0 Å². The Bertz CT molecular complexity index is 112. The molecular formula is C9H22N2O2. The standard InChI is InChI=1S/C9H22N2O2/c1-11(5-3-7-13-2)8-9(10)4-6-12/h9,12H,3-8,10H2,1-2H3. The molecule has 0 radical (unpaired) electrons. The van der Waals surface area contributed by atoms with Crippen molar-refractivity contribution in [2.24, 2.45) is 5.73 Å². The first kappa shape index (κ1) is 12.8. The molecule has 0 aliphatic rings. The Morgan fingerprint density at radius 2 is 2.23 bits per heavy atom. The summed E-state index contributed by atoms with van der Waals surface area (Å²) in [6.45, 7) is 2.80. The van der Waals surface area contributed by atoms with Gasteiger partial charge in [-0.3, -0.25) is 0 Å². The quantitative estimate of drug-likeness (QED) is 0.514. The number of nitrogens with two attached hydrogens (primary N) is 1. The molecule has 0 saturated carbocycles. The maximum Gasteiger partial charge on any atom is 0.0474 e. The minimum absolute atomic E-state index is 0.0811. The molecule has 0 spiro atoms. The van der Waals surface area contributed by atoms with E-state index < -0.39 is 0 Å². The Kier molecular flexibility index (Phi) is 8.33. The lowest BCUT2D eigenvalue weighted by molar-refractivity contribution is 0.175. The zero-order chi connectivity index (χ0) is 10.1. The minimum atomic E-state index is 0.0811. The normalized spacial score (nSPS) is 13.6. The molecule has 0 heterocycles. The summed E-state index contributed by atoms with van der Waals surface area (Å²) in [7, 11) is 3.74. The van der Waals surface area contributed by atoms with Crippen molar-refractivity contribution in [3.63, 3.8) is 0 Å². The molecule has 0 saturated heterocycles. The third kappa shape index (κ3) is 8.18. The van der Waals surface area contributed by atoms with Crippen LogP contribution in [0.4, 0.5) is 0 Å². The first-order chi connectivity index (χ1) is 6.20. The molecule has 0 aromatic rings. The van der Waals surface area contributed by atoms with E-state index in [0.29, 0.717) is 6.42 Å². The molecular weight excluding hydrogens is 168 g/mol. The summed E-state index contributed by atoms with van der Waals surface area (Å²) in [5.41, 5.74) is 5.76. The molecule has 0 aromatic carbocycles. The van der Waals surface area contributed by atoms with Crippen LogP contribution in [0.5, 0.6) is 0 Å². The van der Waals surface area contributed by atoms with Crippen LogP contribution in [0.1, 0.15) is 12.8 Å². The average molecular weight is 190 g/mol. The lowest BCUT2D eigenvalue weighted by atomic mass is 10.2. The Labute approximate surface area is 80.7 Å². The number of hydrogen-bond donors (Lipinski definition) is 2. The van der Waals surface area contributed by atoms with E-state index in [1.165, 1.54) is 0 Å². The van der Waals surface area contributed by atoms with Gasteiger partial charge in [0.15, 0.2) is 0 Å². The average Bonchev–Trinajstić information content (AvgIpc) is 2.05. The number of rotatable bonds is 8. The van der Waals surface area contributed by atoms with Crippen LogP contribution in [0.2, 0.25) is 0 Å². The fourth-order valence-corrected chi connectivity index (χ4v) is 1.23. The SMILES string of the molecule is COCCCN(C)CC(N)CCO. The summed E-state index contributed by atoms with van der Waals surface area (Å²) in [4.78, 5) is 2.17. The van der Waals surface area contributed by atoms with Gasteiger partial charge in [-0.1, -0.05) is 0 Å². The van der Waals surface area contributed by atoms with Crippen molar-refractivity contribution in [3.05, 3.63) is 0 Å². The van der Waals surface area contributed by atoms with Crippen molar-refractivity contribution in [3.8, 4) is 0 Å². The van der Waals surface area contributed by atoms with Crippen molar-refractivity contribution >= 4 is 0 Å². The van der Waals surface area contributed by atoms with Gasteiger partial charge in [-0.15, -0.1) is 0 Å². The molecule has 4 nitrogen and oxygen atoms in total. The summed E-state index contributed by atoms with van der Waals surface area (Å²) >= 11 is 0. The number of aliphatic hydroxyl groups excluding tert-OH is 1. The van der Waals surface area contributed by atoms with Gasteiger partial charge in [0, 0.05) is 39.5 Å². The second kappa shape index (κ2) is 8.44. The van der Waals surface area contributed by atoms with E-state index in [2.05, 4.69) is 4.90 Å². The maximum atomic E-state index is 8.65. The van der Waals surface area contributed by atoms with Crippen LogP contribution in [0.15, 0.2) is 0 Å². The maximum absolute atomic E-state index is 8.65. The Hall–Kier alpha value is -0.160.